The van der Waals surface area contributed by atoms with Gasteiger partial charge in [0.15, 0.2) is 11.5 Å². The van der Waals surface area contributed by atoms with Gasteiger partial charge in [0.2, 0.25) is 0 Å². The lowest BCUT2D eigenvalue weighted by atomic mass is 9.58. The Bertz CT molecular complexity index is 950. The molecular weight excluding hydrogens is 500 g/mol. The standard InChI is InChI=1S/C27H35BrO6/c1-7-8-34-25-16(9-15(28)10-21(25)33-6)22(23-17(29)11-26(2,3)12-18(23)30)24-19(31)13-27(4,5)14-20(24)32/h1,9-10,17,19,22-24,29,31H,8,11-14H2,2-6H3/t17-,19+,22?,23-,24-/m0/s1. The number of aliphatic hydroxyl groups excluding tert-OH is 2. The van der Waals surface area contributed by atoms with Gasteiger partial charge in [-0.05, 0) is 35.8 Å². The fourth-order valence-electron chi connectivity index (χ4n) is 5.88. The van der Waals surface area contributed by atoms with E-state index < -0.39 is 30.0 Å². The molecule has 5 atom stereocenters. The highest BCUT2D eigenvalue weighted by Gasteiger charge is 2.53. The maximum absolute atomic E-state index is 13.5. The molecule has 2 fully saturated rings. The molecule has 34 heavy (non-hydrogen) atoms. The van der Waals surface area contributed by atoms with Gasteiger partial charge in [-0.15, -0.1) is 6.42 Å². The van der Waals surface area contributed by atoms with Gasteiger partial charge in [-0.3, -0.25) is 9.59 Å². The first-order chi connectivity index (χ1) is 15.8. The van der Waals surface area contributed by atoms with Gasteiger partial charge in [0.25, 0.3) is 0 Å². The smallest absolute Gasteiger partial charge is 0.166 e. The molecule has 0 aromatic heterocycles. The number of benzene rings is 1. The first-order valence-corrected chi connectivity index (χ1v) is 12.4. The number of halogens is 1. The maximum atomic E-state index is 13.5. The van der Waals surface area contributed by atoms with Crippen molar-refractivity contribution in [1.82, 2.24) is 0 Å². The second kappa shape index (κ2) is 10.0. The average molecular weight is 535 g/mol. The van der Waals surface area contributed by atoms with E-state index in [1.54, 1.807) is 12.1 Å². The number of ether oxygens (including phenoxy) is 2. The summed E-state index contributed by atoms with van der Waals surface area (Å²) in [6.45, 7) is 7.76. The summed E-state index contributed by atoms with van der Waals surface area (Å²) in [6, 6.07) is 3.50. The predicted octanol–water partition coefficient (Wildman–Crippen LogP) is 4.29. The van der Waals surface area contributed by atoms with Crippen LogP contribution in [0, 0.1) is 35.0 Å². The van der Waals surface area contributed by atoms with Gasteiger partial charge in [0.05, 0.1) is 31.2 Å². The van der Waals surface area contributed by atoms with Gasteiger partial charge < -0.3 is 19.7 Å². The zero-order valence-corrected chi connectivity index (χ0v) is 22.1. The molecule has 0 spiro atoms. The van der Waals surface area contributed by atoms with Crippen molar-refractivity contribution in [3.05, 3.63) is 22.2 Å². The SMILES string of the molecule is C#CCOc1c(OC)cc(Br)cc1C([C@@H]1C(=O)CC(C)(C)C[C@H]1O)[C@@H]1C(=O)CC(C)(C)C[C@@H]1O. The Morgan fingerprint density at radius 2 is 1.56 bits per heavy atom. The van der Waals surface area contributed by atoms with Crippen LogP contribution < -0.4 is 9.47 Å². The molecule has 186 valence electrons. The molecular formula is C27H35BrO6. The van der Waals surface area contributed by atoms with Crippen molar-refractivity contribution in [3.63, 3.8) is 0 Å². The molecule has 0 saturated heterocycles. The van der Waals surface area contributed by atoms with E-state index >= 15 is 0 Å². The van der Waals surface area contributed by atoms with E-state index in [0.29, 0.717) is 34.4 Å². The highest BCUT2D eigenvalue weighted by atomic mass is 79.9. The van der Waals surface area contributed by atoms with Gasteiger partial charge in [-0.25, -0.2) is 0 Å². The molecule has 0 bridgehead atoms. The van der Waals surface area contributed by atoms with Crippen LogP contribution in [0.3, 0.4) is 0 Å². The molecule has 3 rings (SSSR count). The lowest BCUT2D eigenvalue weighted by Crippen LogP contribution is -2.51. The molecule has 1 aromatic rings. The van der Waals surface area contributed by atoms with Crippen LogP contribution in [0.5, 0.6) is 11.5 Å². The lowest BCUT2D eigenvalue weighted by Gasteiger charge is -2.46. The van der Waals surface area contributed by atoms with Crippen LogP contribution in [0.1, 0.15) is 64.9 Å². The number of rotatable bonds is 6. The highest BCUT2D eigenvalue weighted by molar-refractivity contribution is 9.10. The summed E-state index contributed by atoms with van der Waals surface area (Å²) in [6.07, 6.45) is 4.88. The molecule has 1 unspecified atom stereocenters. The Morgan fingerprint density at radius 3 is 1.97 bits per heavy atom. The molecule has 6 nitrogen and oxygen atoms in total. The van der Waals surface area contributed by atoms with Crippen molar-refractivity contribution in [1.29, 1.82) is 0 Å². The monoisotopic (exact) mass is 534 g/mol. The van der Waals surface area contributed by atoms with E-state index in [9.17, 15) is 19.8 Å². The number of aliphatic hydroxyl groups is 2. The summed E-state index contributed by atoms with van der Waals surface area (Å²) in [5.41, 5.74) is -0.186. The first kappa shape index (κ1) is 26.7. The summed E-state index contributed by atoms with van der Waals surface area (Å²) < 4.78 is 12.1. The van der Waals surface area contributed by atoms with Crippen LogP contribution in [0.4, 0.5) is 0 Å². The molecule has 2 N–H and O–H groups in total. The van der Waals surface area contributed by atoms with Crippen molar-refractivity contribution >= 4 is 27.5 Å². The van der Waals surface area contributed by atoms with E-state index in [4.69, 9.17) is 15.9 Å². The van der Waals surface area contributed by atoms with Crippen LogP contribution in [0.25, 0.3) is 0 Å². The van der Waals surface area contributed by atoms with Crippen molar-refractivity contribution in [2.24, 2.45) is 22.7 Å². The third-order valence-corrected chi connectivity index (χ3v) is 7.56. The minimum Gasteiger partial charge on any atom is -0.493 e. The summed E-state index contributed by atoms with van der Waals surface area (Å²) in [5.74, 6) is 0.369. The van der Waals surface area contributed by atoms with E-state index in [-0.39, 0.29) is 41.8 Å². The van der Waals surface area contributed by atoms with E-state index in [1.165, 1.54) is 7.11 Å². The van der Waals surface area contributed by atoms with Crippen molar-refractivity contribution in [2.45, 2.75) is 71.5 Å². The van der Waals surface area contributed by atoms with Crippen molar-refractivity contribution < 1.29 is 29.3 Å². The Hall–Kier alpha value is -1.88. The van der Waals surface area contributed by atoms with Crippen molar-refractivity contribution in [2.75, 3.05) is 13.7 Å². The zero-order chi connectivity index (χ0) is 25.4. The van der Waals surface area contributed by atoms with Gasteiger partial charge in [0, 0.05) is 28.8 Å². The summed E-state index contributed by atoms with van der Waals surface area (Å²) in [5, 5.41) is 22.5. The summed E-state index contributed by atoms with van der Waals surface area (Å²) >= 11 is 3.50. The summed E-state index contributed by atoms with van der Waals surface area (Å²) in [4.78, 5) is 27.0. The van der Waals surface area contributed by atoms with Gasteiger partial charge in [0.1, 0.15) is 18.2 Å². The average Bonchev–Trinajstić information content (AvgIpc) is 2.68. The third kappa shape index (κ3) is 5.50. The number of ketones is 2. The normalized spacial score (nSPS) is 29.3. The van der Waals surface area contributed by atoms with Gasteiger partial charge >= 0.3 is 0 Å². The minimum atomic E-state index is -0.971. The molecule has 0 radical (unpaired) electrons. The summed E-state index contributed by atoms with van der Waals surface area (Å²) in [7, 11) is 1.50. The molecule has 7 heteroatoms. The number of methoxy groups -OCH3 is 1. The van der Waals surface area contributed by atoms with Crippen LogP contribution >= 0.6 is 15.9 Å². The Morgan fingerprint density at radius 1 is 1.06 bits per heavy atom. The molecule has 2 saturated carbocycles. The highest BCUT2D eigenvalue weighted by Crippen LogP contribution is 2.53. The minimum absolute atomic E-state index is 0.0416. The van der Waals surface area contributed by atoms with Gasteiger partial charge in [-0.1, -0.05) is 49.5 Å². The van der Waals surface area contributed by atoms with Crippen LogP contribution in [-0.4, -0.2) is 47.7 Å². The second-order valence-electron chi connectivity index (χ2n) is 11.3. The predicted molar refractivity (Wildman–Crippen MR) is 133 cm³/mol. The number of hydrogen-bond donors (Lipinski definition) is 2. The lowest BCUT2D eigenvalue weighted by molar-refractivity contribution is -0.144. The number of terminal acetylenes is 1. The van der Waals surface area contributed by atoms with Gasteiger partial charge in [-0.2, -0.15) is 0 Å². The Kier molecular flexibility index (Phi) is 7.86. The number of Topliss-reactive ketones (excluding diaryl/α,β-unsaturated/α-hetero) is 2. The quantitative estimate of drug-likeness (QED) is 0.529. The maximum Gasteiger partial charge on any atom is 0.166 e. The Balaban J connectivity index is 2.23. The van der Waals surface area contributed by atoms with Crippen LogP contribution in [0.15, 0.2) is 16.6 Å². The topological polar surface area (TPSA) is 93.1 Å². The number of carbonyl (C=O) groups excluding carboxylic acids is 2. The molecule has 0 aliphatic heterocycles. The van der Waals surface area contributed by atoms with Crippen LogP contribution in [0.2, 0.25) is 0 Å². The molecule has 0 amide bonds. The number of carbonyl (C=O) groups is 2. The first-order valence-electron chi connectivity index (χ1n) is 11.7. The van der Waals surface area contributed by atoms with E-state index in [1.807, 2.05) is 27.7 Å². The fourth-order valence-corrected chi connectivity index (χ4v) is 6.34. The molecule has 2 aliphatic carbocycles. The van der Waals surface area contributed by atoms with Crippen molar-refractivity contribution in [3.8, 4) is 23.8 Å². The molecule has 0 heterocycles. The van der Waals surface area contributed by atoms with Crippen LogP contribution in [-0.2, 0) is 9.59 Å². The molecule has 2 aliphatic rings. The third-order valence-electron chi connectivity index (χ3n) is 7.10. The fraction of sp³-hybridized carbons (Fsp3) is 0.630. The van der Waals surface area contributed by atoms with E-state index in [0.717, 1.165) is 0 Å². The number of hydrogen-bond acceptors (Lipinski definition) is 6. The second-order valence-corrected chi connectivity index (χ2v) is 12.2. The largest absolute Gasteiger partial charge is 0.493 e. The zero-order valence-electron chi connectivity index (χ0n) is 20.6. The van der Waals surface area contributed by atoms with E-state index in [2.05, 4.69) is 21.9 Å². The Labute approximate surface area is 210 Å². The molecule has 1 aromatic carbocycles.